The molecule has 0 amide bonds. The minimum Gasteiger partial charge on any atom is -0.368 e. The third kappa shape index (κ3) is 3.56. The van der Waals surface area contributed by atoms with Gasteiger partial charge < -0.3 is 4.74 Å². The molecule has 1 aliphatic rings. The summed E-state index contributed by atoms with van der Waals surface area (Å²) in [4.78, 5) is 11.4. The summed E-state index contributed by atoms with van der Waals surface area (Å²) in [5.74, 6) is 0.715. The maximum atomic E-state index is 6.19. The molecule has 0 aliphatic carbocycles. The Morgan fingerprint density at radius 3 is 2.84 bits per heavy atom. The summed E-state index contributed by atoms with van der Waals surface area (Å²) in [6, 6.07) is 0.511. The summed E-state index contributed by atoms with van der Waals surface area (Å²) in [5, 5.41) is 0.535. The van der Waals surface area contributed by atoms with Gasteiger partial charge in [-0.25, -0.2) is 9.97 Å². The van der Waals surface area contributed by atoms with E-state index in [1.807, 2.05) is 0 Å². The Morgan fingerprint density at radius 2 is 2.21 bits per heavy atom. The normalized spacial score (nSPS) is 21.1. The molecule has 0 N–H and O–H groups in total. The van der Waals surface area contributed by atoms with Crippen LogP contribution >= 0.6 is 34.2 Å². The molecular weight excluding hydrogens is 377 g/mol. The van der Waals surface area contributed by atoms with Gasteiger partial charge in [-0.1, -0.05) is 18.5 Å². The molecule has 1 aliphatic heterocycles. The lowest BCUT2D eigenvalue weighted by Gasteiger charge is -2.34. The average molecular weight is 396 g/mol. The first-order chi connectivity index (χ1) is 9.02. The molecule has 0 saturated carbocycles. The van der Waals surface area contributed by atoms with Crippen LogP contribution in [-0.2, 0) is 11.2 Å². The van der Waals surface area contributed by atoms with Crippen LogP contribution in [0.15, 0.2) is 0 Å². The van der Waals surface area contributed by atoms with Gasteiger partial charge in [0.1, 0.15) is 11.3 Å². The van der Waals surface area contributed by atoms with E-state index in [-0.39, 0.29) is 6.10 Å². The van der Waals surface area contributed by atoms with E-state index in [1.165, 1.54) is 0 Å². The summed E-state index contributed by atoms with van der Waals surface area (Å²) in [5.41, 5.74) is 1.00. The maximum Gasteiger partial charge on any atom is 0.160 e. The molecule has 0 aromatic carbocycles. The van der Waals surface area contributed by atoms with Crippen LogP contribution in [0.2, 0.25) is 5.15 Å². The zero-order valence-corrected chi connectivity index (χ0v) is 14.4. The van der Waals surface area contributed by atoms with E-state index in [0.29, 0.717) is 17.0 Å². The van der Waals surface area contributed by atoms with Crippen LogP contribution in [0, 0.1) is 3.57 Å². The number of ether oxygens (including phenoxy) is 1. The predicted octanol–water partition coefficient (Wildman–Crippen LogP) is 3.08. The Kier molecular flexibility index (Phi) is 5.39. The number of aryl methyl sites for hydroxylation is 1. The molecule has 0 radical (unpaired) electrons. The zero-order chi connectivity index (χ0) is 14.0. The highest BCUT2D eigenvalue weighted by Gasteiger charge is 2.26. The van der Waals surface area contributed by atoms with Gasteiger partial charge in [-0.05, 0) is 42.9 Å². The van der Waals surface area contributed by atoms with Crippen LogP contribution in [0.1, 0.15) is 38.4 Å². The van der Waals surface area contributed by atoms with E-state index in [9.17, 15) is 0 Å². The molecule has 2 rings (SSSR count). The third-order valence-electron chi connectivity index (χ3n) is 3.35. The quantitative estimate of drug-likeness (QED) is 0.582. The fraction of sp³-hybridized carbons (Fsp3) is 0.692. The van der Waals surface area contributed by atoms with Gasteiger partial charge in [-0.2, -0.15) is 0 Å². The van der Waals surface area contributed by atoms with E-state index in [4.69, 9.17) is 16.3 Å². The number of aromatic nitrogens is 2. The Morgan fingerprint density at radius 1 is 1.47 bits per heavy atom. The maximum absolute atomic E-state index is 6.19. The van der Waals surface area contributed by atoms with Gasteiger partial charge in [0, 0.05) is 19.1 Å². The topological polar surface area (TPSA) is 38.2 Å². The minimum absolute atomic E-state index is 0.0732. The van der Waals surface area contributed by atoms with E-state index in [0.717, 1.165) is 35.4 Å². The van der Waals surface area contributed by atoms with Crippen LogP contribution in [0.5, 0.6) is 0 Å². The standard InChI is InChI=1S/C13H19ClIN3O/c1-4-9-11(15)12(14)17-13(16-9)10-7-18(8(2)3)5-6-19-10/h8,10H,4-7H2,1-3H3. The fourth-order valence-corrected chi connectivity index (χ4v) is 2.97. The van der Waals surface area contributed by atoms with Crippen molar-refractivity contribution in [2.24, 2.45) is 0 Å². The SMILES string of the molecule is CCc1nc(C2CN(C(C)C)CCO2)nc(Cl)c1I. The van der Waals surface area contributed by atoms with Crippen molar-refractivity contribution < 1.29 is 4.74 Å². The van der Waals surface area contributed by atoms with Gasteiger partial charge in [0.2, 0.25) is 0 Å². The first-order valence-electron chi connectivity index (χ1n) is 6.60. The molecule has 106 valence electrons. The second kappa shape index (κ2) is 6.65. The summed E-state index contributed by atoms with van der Waals surface area (Å²) >= 11 is 8.39. The van der Waals surface area contributed by atoms with Gasteiger partial charge in [0.05, 0.1) is 15.9 Å². The summed E-state index contributed by atoms with van der Waals surface area (Å²) in [7, 11) is 0. The molecule has 1 aromatic heterocycles. The summed E-state index contributed by atoms with van der Waals surface area (Å²) in [6.07, 6.45) is 0.782. The monoisotopic (exact) mass is 395 g/mol. The average Bonchev–Trinajstić information content (AvgIpc) is 2.41. The van der Waals surface area contributed by atoms with Crippen molar-refractivity contribution >= 4 is 34.2 Å². The van der Waals surface area contributed by atoms with Gasteiger partial charge in [0.15, 0.2) is 5.82 Å². The summed E-state index contributed by atoms with van der Waals surface area (Å²) in [6.45, 7) is 8.98. The minimum atomic E-state index is -0.0732. The van der Waals surface area contributed by atoms with E-state index in [2.05, 4.69) is 58.2 Å². The highest BCUT2D eigenvalue weighted by molar-refractivity contribution is 14.1. The Labute approximate surface area is 133 Å². The van der Waals surface area contributed by atoms with Crippen molar-refractivity contribution in [2.45, 2.75) is 39.3 Å². The number of hydrogen-bond acceptors (Lipinski definition) is 4. The molecule has 0 bridgehead atoms. The van der Waals surface area contributed by atoms with E-state index < -0.39 is 0 Å². The molecule has 1 saturated heterocycles. The van der Waals surface area contributed by atoms with Crippen LogP contribution in [0.4, 0.5) is 0 Å². The van der Waals surface area contributed by atoms with Crippen molar-refractivity contribution in [3.63, 3.8) is 0 Å². The van der Waals surface area contributed by atoms with Crippen LogP contribution in [0.3, 0.4) is 0 Å². The Balaban J connectivity index is 2.24. The summed E-state index contributed by atoms with van der Waals surface area (Å²) < 4.78 is 6.76. The lowest BCUT2D eigenvalue weighted by Crippen LogP contribution is -2.42. The van der Waals surface area contributed by atoms with E-state index >= 15 is 0 Å². The molecule has 19 heavy (non-hydrogen) atoms. The van der Waals surface area contributed by atoms with E-state index in [1.54, 1.807) is 0 Å². The molecule has 1 atom stereocenters. The number of rotatable bonds is 3. The molecule has 1 fully saturated rings. The van der Waals surface area contributed by atoms with Crippen LogP contribution in [0.25, 0.3) is 0 Å². The first kappa shape index (κ1) is 15.4. The Bertz CT molecular complexity index is 456. The number of halogens is 2. The molecular formula is C13H19ClIN3O. The second-order valence-electron chi connectivity index (χ2n) is 4.93. The van der Waals surface area contributed by atoms with Crippen molar-refractivity contribution in [3.05, 3.63) is 20.2 Å². The second-order valence-corrected chi connectivity index (χ2v) is 6.37. The lowest BCUT2D eigenvalue weighted by molar-refractivity contribution is -0.0443. The van der Waals surface area contributed by atoms with Crippen molar-refractivity contribution in [1.82, 2.24) is 14.9 Å². The largest absolute Gasteiger partial charge is 0.368 e. The smallest absolute Gasteiger partial charge is 0.160 e. The molecule has 4 nitrogen and oxygen atoms in total. The van der Waals surface area contributed by atoms with Gasteiger partial charge in [0.25, 0.3) is 0 Å². The Hall–Kier alpha value is 0.0200. The molecule has 2 heterocycles. The predicted molar refractivity (Wildman–Crippen MR) is 84.5 cm³/mol. The van der Waals surface area contributed by atoms with Crippen molar-refractivity contribution in [2.75, 3.05) is 19.7 Å². The number of morpholine rings is 1. The van der Waals surface area contributed by atoms with Gasteiger partial charge in [-0.3, -0.25) is 4.90 Å². The highest BCUT2D eigenvalue weighted by Crippen LogP contribution is 2.25. The highest BCUT2D eigenvalue weighted by atomic mass is 127. The van der Waals surface area contributed by atoms with Crippen molar-refractivity contribution in [1.29, 1.82) is 0 Å². The van der Waals surface area contributed by atoms with Crippen molar-refractivity contribution in [3.8, 4) is 0 Å². The molecule has 1 unspecified atom stereocenters. The molecule has 1 aromatic rings. The third-order valence-corrected chi connectivity index (χ3v) is 5.07. The van der Waals surface area contributed by atoms with Crippen LogP contribution in [-0.4, -0.2) is 40.6 Å². The first-order valence-corrected chi connectivity index (χ1v) is 8.06. The number of hydrogen-bond donors (Lipinski definition) is 0. The van der Waals surface area contributed by atoms with Crippen LogP contribution < -0.4 is 0 Å². The van der Waals surface area contributed by atoms with Gasteiger partial charge >= 0.3 is 0 Å². The number of nitrogens with zero attached hydrogens (tertiary/aromatic N) is 3. The zero-order valence-electron chi connectivity index (χ0n) is 11.5. The molecule has 6 heteroatoms. The molecule has 0 spiro atoms. The fourth-order valence-electron chi connectivity index (χ4n) is 2.15. The van der Waals surface area contributed by atoms with Gasteiger partial charge in [-0.15, -0.1) is 0 Å². The lowest BCUT2D eigenvalue weighted by atomic mass is 10.2.